The first-order valence-electron chi connectivity index (χ1n) is 8.93. The fourth-order valence-electron chi connectivity index (χ4n) is 2.60. The van der Waals surface area contributed by atoms with Crippen LogP contribution >= 0.6 is 11.6 Å². The van der Waals surface area contributed by atoms with E-state index in [4.69, 9.17) is 21.1 Å². The van der Waals surface area contributed by atoms with Gasteiger partial charge in [-0.15, -0.1) is 0 Å². The number of halogens is 1. The highest BCUT2D eigenvalue weighted by Gasteiger charge is 2.07. The average molecular weight is 414 g/mol. The predicted octanol–water partition coefficient (Wildman–Crippen LogP) is 2.77. The molecule has 150 valence electrons. The number of methoxy groups -OCH3 is 1. The first-order chi connectivity index (χ1) is 14.1. The van der Waals surface area contributed by atoms with E-state index in [1.807, 2.05) is 24.3 Å². The van der Waals surface area contributed by atoms with Crippen LogP contribution in [0.1, 0.15) is 0 Å². The van der Waals surface area contributed by atoms with Crippen molar-refractivity contribution in [1.29, 1.82) is 0 Å². The van der Waals surface area contributed by atoms with Gasteiger partial charge in [-0.1, -0.05) is 35.9 Å². The highest BCUT2D eigenvalue weighted by Crippen LogP contribution is 2.23. The minimum absolute atomic E-state index is 0.171. The minimum Gasteiger partial charge on any atom is -0.497 e. The van der Waals surface area contributed by atoms with Crippen LogP contribution in [0.3, 0.4) is 0 Å². The molecule has 0 aliphatic rings. The number of ether oxygens (including phenoxy) is 2. The van der Waals surface area contributed by atoms with E-state index < -0.39 is 0 Å². The van der Waals surface area contributed by atoms with Crippen molar-refractivity contribution in [2.75, 3.05) is 20.3 Å². The van der Waals surface area contributed by atoms with Crippen LogP contribution in [-0.2, 0) is 11.3 Å². The average Bonchev–Trinajstić information content (AvgIpc) is 2.74. The highest BCUT2D eigenvalue weighted by molar-refractivity contribution is 6.32. The number of benzene rings is 2. The van der Waals surface area contributed by atoms with Crippen molar-refractivity contribution in [1.82, 2.24) is 15.1 Å². The van der Waals surface area contributed by atoms with Crippen LogP contribution in [0.5, 0.6) is 11.5 Å². The van der Waals surface area contributed by atoms with Crippen LogP contribution in [0.4, 0.5) is 0 Å². The quantitative estimate of drug-likeness (QED) is 0.614. The van der Waals surface area contributed by atoms with Gasteiger partial charge in [-0.2, -0.15) is 5.10 Å². The van der Waals surface area contributed by atoms with Crippen LogP contribution in [0.2, 0.25) is 5.02 Å². The Bertz CT molecular complexity index is 1050. The molecule has 2 aromatic carbocycles. The first-order valence-corrected chi connectivity index (χ1v) is 9.31. The fourth-order valence-corrected chi connectivity index (χ4v) is 2.79. The van der Waals surface area contributed by atoms with Gasteiger partial charge in [0, 0.05) is 18.2 Å². The zero-order chi connectivity index (χ0) is 20.6. The molecule has 3 aromatic rings. The number of amides is 1. The van der Waals surface area contributed by atoms with E-state index in [9.17, 15) is 9.59 Å². The van der Waals surface area contributed by atoms with Gasteiger partial charge in [-0.3, -0.25) is 9.59 Å². The third-order valence-corrected chi connectivity index (χ3v) is 4.39. The summed E-state index contributed by atoms with van der Waals surface area (Å²) < 4.78 is 11.9. The number of carbonyl (C=O) groups excluding carboxylic acids is 1. The monoisotopic (exact) mass is 413 g/mol. The zero-order valence-corrected chi connectivity index (χ0v) is 16.6. The third kappa shape index (κ3) is 5.58. The number of nitrogens with zero attached hydrogens (tertiary/aromatic N) is 2. The molecule has 7 nitrogen and oxygen atoms in total. The lowest BCUT2D eigenvalue weighted by Crippen LogP contribution is -2.34. The Morgan fingerprint density at radius 1 is 1.14 bits per heavy atom. The van der Waals surface area contributed by atoms with Gasteiger partial charge in [0.05, 0.1) is 24.4 Å². The van der Waals surface area contributed by atoms with Gasteiger partial charge in [0.2, 0.25) is 0 Å². The van der Waals surface area contributed by atoms with E-state index in [0.717, 1.165) is 5.56 Å². The molecule has 1 heterocycles. The van der Waals surface area contributed by atoms with Crippen molar-refractivity contribution in [2.45, 2.75) is 6.54 Å². The SMILES string of the molecule is COc1cccc(-c2ccc(=O)n(CCNC(=O)COc3ccccc3Cl)n2)c1. The summed E-state index contributed by atoms with van der Waals surface area (Å²) in [4.78, 5) is 24.0. The standard InChI is InChI=1S/C21H20ClN3O4/c1-28-16-6-4-5-15(13-16)18-9-10-21(27)25(24-18)12-11-23-20(26)14-29-19-8-3-2-7-17(19)22/h2-10,13H,11-12,14H2,1H3,(H,23,26). The van der Waals surface area contributed by atoms with Gasteiger partial charge >= 0.3 is 0 Å². The lowest BCUT2D eigenvalue weighted by molar-refractivity contribution is -0.123. The molecule has 1 aromatic heterocycles. The summed E-state index contributed by atoms with van der Waals surface area (Å²) in [5, 5.41) is 7.50. The molecule has 0 unspecified atom stereocenters. The van der Waals surface area contributed by atoms with Crippen molar-refractivity contribution >= 4 is 17.5 Å². The molecule has 29 heavy (non-hydrogen) atoms. The van der Waals surface area contributed by atoms with Crippen molar-refractivity contribution in [3.8, 4) is 22.8 Å². The van der Waals surface area contributed by atoms with Crippen molar-refractivity contribution < 1.29 is 14.3 Å². The van der Waals surface area contributed by atoms with E-state index in [0.29, 0.717) is 22.2 Å². The lowest BCUT2D eigenvalue weighted by Gasteiger charge is -2.10. The summed E-state index contributed by atoms with van der Waals surface area (Å²) in [5.74, 6) is 0.822. The van der Waals surface area contributed by atoms with Gasteiger partial charge in [-0.05, 0) is 30.3 Å². The van der Waals surface area contributed by atoms with Crippen LogP contribution < -0.4 is 20.3 Å². The van der Waals surface area contributed by atoms with Gasteiger partial charge in [0.1, 0.15) is 11.5 Å². The number of nitrogens with one attached hydrogen (secondary N) is 1. The second-order valence-electron chi connectivity index (χ2n) is 6.08. The third-order valence-electron chi connectivity index (χ3n) is 4.07. The molecule has 0 aliphatic heterocycles. The first kappa shape index (κ1) is 20.4. The van der Waals surface area contributed by atoms with Gasteiger partial charge in [0.15, 0.2) is 6.61 Å². The van der Waals surface area contributed by atoms with Crippen molar-refractivity contribution in [2.24, 2.45) is 0 Å². The molecule has 0 aliphatic carbocycles. The van der Waals surface area contributed by atoms with E-state index in [1.54, 1.807) is 37.4 Å². The number of carbonyl (C=O) groups is 1. The Balaban J connectivity index is 1.57. The van der Waals surface area contributed by atoms with E-state index >= 15 is 0 Å². The Hall–Kier alpha value is -3.32. The maximum Gasteiger partial charge on any atom is 0.266 e. The summed E-state index contributed by atoms with van der Waals surface area (Å²) >= 11 is 5.98. The fraction of sp³-hybridized carbons (Fsp3) is 0.190. The molecule has 0 radical (unpaired) electrons. The summed E-state index contributed by atoms with van der Waals surface area (Å²) in [6.45, 7) is 0.295. The maximum absolute atomic E-state index is 12.1. The molecular weight excluding hydrogens is 394 g/mol. The summed E-state index contributed by atoms with van der Waals surface area (Å²) in [6.07, 6.45) is 0. The molecule has 0 spiro atoms. The second kappa shape index (κ2) is 9.75. The molecule has 0 atom stereocenters. The number of aromatic nitrogens is 2. The molecule has 0 fully saturated rings. The molecular formula is C21H20ClN3O4. The largest absolute Gasteiger partial charge is 0.497 e. The normalized spacial score (nSPS) is 10.4. The second-order valence-corrected chi connectivity index (χ2v) is 6.49. The summed E-state index contributed by atoms with van der Waals surface area (Å²) in [7, 11) is 1.59. The Morgan fingerprint density at radius 2 is 1.97 bits per heavy atom. The van der Waals surface area contributed by atoms with Crippen LogP contribution in [0, 0.1) is 0 Å². The molecule has 1 N–H and O–H groups in total. The van der Waals surface area contributed by atoms with Crippen LogP contribution in [0.15, 0.2) is 65.5 Å². The summed E-state index contributed by atoms with van der Waals surface area (Å²) in [5.41, 5.74) is 1.21. The Kier molecular flexibility index (Phi) is 6.86. The van der Waals surface area contributed by atoms with Crippen molar-refractivity contribution in [3.63, 3.8) is 0 Å². The van der Waals surface area contributed by atoms with Crippen LogP contribution in [-0.4, -0.2) is 35.9 Å². The molecule has 0 saturated heterocycles. The Labute approximate surface area is 172 Å². The topological polar surface area (TPSA) is 82.5 Å². The highest BCUT2D eigenvalue weighted by atomic mass is 35.5. The number of rotatable bonds is 8. The summed E-state index contributed by atoms with van der Waals surface area (Å²) in [6, 6.07) is 17.4. The smallest absolute Gasteiger partial charge is 0.266 e. The number of para-hydroxylation sites is 1. The Morgan fingerprint density at radius 3 is 2.76 bits per heavy atom. The van der Waals surface area contributed by atoms with Gasteiger partial charge < -0.3 is 14.8 Å². The van der Waals surface area contributed by atoms with Crippen LogP contribution in [0.25, 0.3) is 11.3 Å². The minimum atomic E-state index is -0.318. The van der Waals surface area contributed by atoms with E-state index in [2.05, 4.69) is 10.4 Å². The number of hydrogen-bond donors (Lipinski definition) is 1. The van der Waals surface area contributed by atoms with Gasteiger partial charge in [0.25, 0.3) is 11.5 Å². The molecule has 8 heteroatoms. The van der Waals surface area contributed by atoms with E-state index in [1.165, 1.54) is 10.7 Å². The van der Waals surface area contributed by atoms with E-state index in [-0.39, 0.29) is 31.2 Å². The molecule has 0 saturated carbocycles. The predicted molar refractivity (Wildman–Crippen MR) is 110 cm³/mol. The lowest BCUT2D eigenvalue weighted by atomic mass is 10.1. The zero-order valence-electron chi connectivity index (χ0n) is 15.8. The van der Waals surface area contributed by atoms with Crippen molar-refractivity contribution in [3.05, 3.63) is 76.0 Å². The number of hydrogen-bond acceptors (Lipinski definition) is 5. The molecule has 3 rings (SSSR count). The van der Waals surface area contributed by atoms with Gasteiger partial charge in [-0.25, -0.2) is 4.68 Å². The molecule has 0 bridgehead atoms. The maximum atomic E-state index is 12.1. The molecule has 1 amide bonds.